The van der Waals surface area contributed by atoms with Crippen molar-refractivity contribution in [1.82, 2.24) is 10.3 Å². The molecule has 1 aromatic carbocycles. The van der Waals surface area contributed by atoms with Gasteiger partial charge in [-0.05, 0) is 37.9 Å². The molecular weight excluding hydrogens is 252 g/mol. The maximum Gasteiger partial charge on any atom is 0.145 e. The number of hydrogen-bond acceptors (Lipinski definition) is 4. The number of likely N-dealkylation sites (N-methyl/N-ethyl adjacent to an activating group) is 1. The van der Waals surface area contributed by atoms with E-state index in [0.29, 0.717) is 12.5 Å². The molecule has 4 heteroatoms. The van der Waals surface area contributed by atoms with Gasteiger partial charge in [-0.3, -0.25) is 4.98 Å². The first kappa shape index (κ1) is 13.3. The molecule has 2 N–H and O–H groups in total. The van der Waals surface area contributed by atoms with Gasteiger partial charge in [0.2, 0.25) is 0 Å². The van der Waals surface area contributed by atoms with Crippen molar-refractivity contribution in [3.8, 4) is 5.75 Å². The summed E-state index contributed by atoms with van der Waals surface area (Å²) >= 11 is 0. The third kappa shape index (κ3) is 2.37. The Balaban J connectivity index is 1.83. The predicted octanol–water partition coefficient (Wildman–Crippen LogP) is 1.97. The second kappa shape index (κ2) is 5.38. The molecule has 20 heavy (non-hydrogen) atoms. The summed E-state index contributed by atoms with van der Waals surface area (Å²) in [6.45, 7) is 0.548. The van der Waals surface area contributed by atoms with Crippen LogP contribution in [0.5, 0.6) is 5.75 Å². The first-order chi connectivity index (χ1) is 9.79. The second-order valence-corrected chi connectivity index (χ2v) is 5.46. The first-order valence-corrected chi connectivity index (χ1v) is 7.05. The average Bonchev–Trinajstić information content (AvgIpc) is 3.34. The van der Waals surface area contributed by atoms with Crippen LogP contribution in [0.1, 0.15) is 12.8 Å². The van der Waals surface area contributed by atoms with E-state index in [4.69, 9.17) is 4.74 Å². The zero-order chi connectivity index (χ0) is 14.0. The van der Waals surface area contributed by atoms with Crippen molar-refractivity contribution >= 4 is 10.9 Å². The molecular formula is C16H20N2O2. The van der Waals surface area contributed by atoms with Gasteiger partial charge in [0.05, 0.1) is 12.1 Å². The van der Waals surface area contributed by atoms with E-state index in [1.54, 1.807) is 6.20 Å². The molecule has 0 aliphatic heterocycles. The number of ether oxygens (including phenoxy) is 1. The normalized spacial score (nSPS) is 17.9. The molecule has 0 radical (unpaired) electrons. The third-order valence-corrected chi connectivity index (χ3v) is 4.22. The largest absolute Gasteiger partial charge is 0.489 e. The zero-order valence-corrected chi connectivity index (χ0v) is 11.7. The van der Waals surface area contributed by atoms with Crippen LogP contribution in [-0.2, 0) is 0 Å². The molecule has 1 heterocycles. The number of pyridine rings is 1. The van der Waals surface area contributed by atoms with Gasteiger partial charge in [-0.15, -0.1) is 0 Å². The molecule has 106 valence electrons. The SMILES string of the molecule is CNC(CO)(COc1cccc2cccnc12)C1CC1. The molecule has 0 bridgehead atoms. The monoisotopic (exact) mass is 272 g/mol. The molecule has 1 aliphatic carbocycles. The number of rotatable bonds is 6. The summed E-state index contributed by atoms with van der Waals surface area (Å²) in [6, 6.07) is 9.86. The van der Waals surface area contributed by atoms with E-state index in [-0.39, 0.29) is 12.1 Å². The fraction of sp³-hybridized carbons (Fsp3) is 0.438. The predicted molar refractivity (Wildman–Crippen MR) is 78.8 cm³/mol. The van der Waals surface area contributed by atoms with Gasteiger partial charge < -0.3 is 15.2 Å². The molecule has 1 saturated carbocycles. The molecule has 1 aliphatic rings. The number of hydrogen-bond donors (Lipinski definition) is 2. The highest BCUT2D eigenvalue weighted by atomic mass is 16.5. The Morgan fingerprint density at radius 2 is 2.15 bits per heavy atom. The summed E-state index contributed by atoms with van der Waals surface area (Å²) in [5.41, 5.74) is 0.533. The molecule has 4 nitrogen and oxygen atoms in total. The second-order valence-electron chi connectivity index (χ2n) is 5.46. The number of aromatic nitrogens is 1. The topological polar surface area (TPSA) is 54.4 Å². The molecule has 1 atom stereocenters. The van der Waals surface area contributed by atoms with Crippen LogP contribution in [0.3, 0.4) is 0 Å². The molecule has 1 fully saturated rings. The molecule has 3 rings (SSSR count). The van der Waals surface area contributed by atoms with Gasteiger partial charge in [0, 0.05) is 11.6 Å². The van der Waals surface area contributed by atoms with Gasteiger partial charge in [0.25, 0.3) is 0 Å². The van der Waals surface area contributed by atoms with E-state index in [1.807, 2.05) is 37.4 Å². The minimum atomic E-state index is -0.336. The Hall–Kier alpha value is -1.65. The van der Waals surface area contributed by atoms with Crippen molar-refractivity contribution in [2.24, 2.45) is 5.92 Å². The van der Waals surface area contributed by atoms with Crippen molar-refractivity contribution in [3.05, 3.63) is 36.5 Å². The first-order valence-electron chi connectivity index (χ1n) is 7.05. The lowest BCUT2D eigenvalue weighted by molar-refractivity contribution is 0.0921. The van der Waals surface area contributed by atoms with Crippen molar-refractivity contribution in [2.45, 2.75) is 18.4 Å². The van der Waals surface area contributed by atoms with Gasteiger partial charge in [-0.2, -0.15) is 0 Å². The summed E-state index contributed by atoms with van der Waals surface area (Å²) in [5, 5.41) is 14.0. The standard InChI is InChI=1S/C16H20N2O2/c1-17-16(10-19,13-7-8-13)11-20-14-6-2-4-12-5-3-9-18-15(12)14/h2-6,9,13,17,19H,7-8,10-11H2,1H3. The van der Waals surface area contributed by atoms with Crippen molar-refractivity contribution in [2.75, 3.05) is 20.3 Å². The lowest BCUT2D eigenvalue weighted by Gasteiger charge is -2.31. The van der Waals surface area contributed by atoms with E-state index >= 15 is 0 Å². The van der Waals surface area contributed by atoms with Crippen molar-refractivity contribution in [3.63, 3.8) is 0 Å². The Kier molecular flexibility index (Phi) is 3.59. The molecule has 1 aromatic heterocycles. The smallest absolute Gasteiger partial charge is 0.145 e. The number of para-hydroxylation sites is 1. The summed E-state index contributed by atoms with van der Waals surface area (Å²) < 4.78 is 5.98. The summed E-state index contributed by atoms with van der Waals surface area (Å²) in [7, 11) is 1.89. The maximum absolute atomic E-state index is 9.72. The van der Waals surface area contributed by atoms with Gasteiger partial charge in [0.15, 0.2) is 0 Å². The quantitative estimate of drug-likeness (QED) is 0.844. The number of fused-ring (bicyclic) bond motifs is 1. The number of nitrogens with one attached hydrogen (secondary N) is 1. The summed E-state index contributed by atoms with van der Waals surface area (Å²) in [4.78, 5) is 4.39. The van der Waals surface area contributed by atoms with Crippen LogP contribution in [-0.4, -0.2) is 35.9 Å². The molecule has 2 aromatic rings. The minimum Gasteiger partial charge on any atom is -0.489 e. The Bertz CT molecular complexity index is 587. The van der Waals surface area contributed by atoms with Crippen molar-refractivity contribution in [1.29, 1.82) is 0 Å². The van der Waals surface area contributed by atoms with Crippen LogP contribution in [0.4, 0.5) is 0 Å². The number of benzene rings is 1. The van der Waals surface area contributed by atoms with Gasteiger partial charge in [-0.25, -0.2) is 0 Å². The highest BCUT2D eigenvalue weighted by molar-refractivity contribution is 5.84. The lowest BCUT2D eigenvalue weighted by Crippen LogP contribution is -2.53. The van der Waals surface area contributed by atoms with E-state index in [9.17, 15) is 5.11 Å². The highest BCUT2D eigenvalue weighted by Gasteiger charge is 2.44. The van der Waals surface area contributed by atoms with Crippen LogP contribution in [0.25, 0.3) is 10.9 Å². The van der Waals surface area contributed by atoms with E-state index in [0.717, 1.165) is 29.5 Å². The molecule has 0 saturated heterocycles. The fourth-order valence-electron chi connectivity index (χ4n) is 2.68. The Morgan fingerprint density at radius 3 is 2.85 bits per heavy atom. The summed E-state index contributed by atoms with van der Waals surface area (Å²) in [6.07, 6.45) is 4.07. The number of aliphatic hydroxyl groups excluding tert-OH is 1. The van der Waals surface area contributed by atoms with Crippen LogP contribution < -0.4 is 10.1 Å². The molecule has 1 unspecified atom stereocenters. The number of nitrogens with zero attached hydrogens (tertiary/aromatic N) is 1. The van der Waals surface area contributed by atoms with Crippen LogP contribution in [0, 0.1) is 5.92 Å². The van der Waals surface area contributed by atoms with Crippen LogP contribution in [0.15, 0.2) is 36.5 Å². The Morgan fingerprint density at radius 1 is 1.35 bits per heavy atom. The average molecular weight is 272 g/mol. The Labute approximate surface area is 118 Å². The molecule has 0 amide bonds. The summed E-state index contributed by atoms with van der Waals surface area (Å²) in [5.74, 6) is 1.28. The number of aliphatic hydroxyl groups is 1. The van der Waals surface area contributed by atoms with Crippen LogP contribution >= 0.6 is 0 Å². The van der Waals surface area contributed by atoms with Gasteiger partial charge in [-0.1, -0.05) is 18.2 Å². The third-order valence-electron chi connectivity index (χ3n) is 4.22. The maximum atomic E-state index is 9.72. The highest BCUT2D eigenvalue weighted by Crippen LogP contribution is 2.40. The minimum absolute atomic E-state index is 0.0896. The van der Waals surface area contributed by atoms with Crippen LogP contribution in [0.2, 0.25) is 0 Å². The molecule has 0 spiro atoms. The fourth-order valence-corrected chi connectivity index (χ4v) is 2.68. The van der Waals surface area contributed by atoms with E-state index < -0.39 is 0 Å². The van der Waals surface area contributed by atoms with Gasteiger partial charge in [0.1, 0.15) is 17.9 Å². The lowest BCUT2D eigenvalue weighted by atomic mass is 9.95. The van der Waals surface area contributed by atoms with Crippen molar-refractivity contribution < 1.29 is 9.84 Å². The van der Waals surface area contributed by atoms with E-state index in [2.05, 4.69) is 10.3 Å². The van der Waals surface area contributed by atoms with E-state index in [1.165, 1.54) is 0 Å². The van der Waals surface area contributed by atoms with Gasteiger partial charge >= 0.3 is 0 Å². The zero-order valence-electron chi connectivity index (χ0n) is 11.7.